The van der Waals surface area contributed by atoms with Gasteiger partial charge in [0.15, 0.2) is 0 Å². The lowest BCUT2D eigenvalue weighted by atomic mass is 10.2. The molecule has 0 aromatic heterocycles. The van der Waals surface area contributed by atoms with E-state index < -0.39 is 6.04 Å². The van der Waals surface area contributed by atoms with Crippen LogP contribution in [0, 0.1) is 0 Å². The highest BCUT2D eigenvalue weighted by atomic mass is 16.5. The summed E-state index contributed by atoms with van der Waals surface area (Å²) in [6.07, 6.45) is 0.417. The molecule has 1 heterocycles. The van der Waals surface area contributed by atoms with E-state index >= 15 is 0 Å². The Balaban J connectivity index is 2.71. The minimum atomic E-state index is -0.498. The predicted octanol–water partition coefficient (Wildman–Crippen LogP) is -1.39. The molecule has 80 valence electrons. The first-order valence-electron chi connectivity index (χ1n) is 4.40. The summed E-state index contributed by atoms with van der Waals surface area (Å²) in [5.74, 6) is 4.53. The van der Waals surface area contributed by atoms with E-state index in [9.17, 15) is 9.59 Å². The number of likely N-dealkylation sites (tertiary alicyclic amines) is 1. The Morgan fingerprint density at radius 1 is 1.57 bits per heavy atom. The number of hydrogen-bond acceptors (Lipinski definition) is 4. The number of carbonyl (C=O) groups is 2. The zero-order valence-electron chi connectivity index (χ0n) is 8.32. The SMILES string of the molecule is CO[C@@H]1C[C@@H](C(=O)NN)N(C(C)=O)C1. The third-order valence-electron chi connectivity index (χ3n) is 2.45. The van der Waals surface area contributed by atoms with E-state index in [0.717, 1.165) is 0 Å². The zero-order valence-corrected chi connectivity index (χ0v) is 8.32. The van der Waals surface area contributed by atoms with E-state index in [1.165, 1.54) is 11.8 Å². The standard InChI is InChI=1S/C8H15N3O3/c1-5(12)11-4-6(14-2)3-7(11)8(13)10-9/h6-7H,3-4,9H2,1-2H3,(H,10,13)/t6-,7+/m1/s1. The van der Waals surface area contributed by atoms with Crippen molar-refractivity contribution in [1.82, 2.24) is 10.3 Å². The molecule has 0 saturated carbocycles. The lowest BCUT2D eigenvalue weighted by Crippen LogP contribution is -2.47. The van der Waals surface area contributed by atoms with Crippen LogP contribution in [0.4, 0.5) is 0 Å². The van der Waals surface area contributed by atoms with Crippen molar-refractivity contribution in [3.05, 3.63) is 0 Å². The Hall–Kier alpha value is -1.14. The largest absolute Gasteiger partial charge is 0.380 e. The lowest BCUT2D eigenvalue weighted by molar-refractivity contribution is -0.136. The Morgan fingerprint density at radius 2 is 2.21 bits per heavy atom. The Bertz CT molecular complexity index is 244. The van der Waals surface area contributed by atoms with Crippen LogP contribution in [-0.4, -0.2) is 42.5 Å². The van der Waals surface area contributed by atoms with Gasteiger partial charge in [-0.2, -0.15) is 0 Å². The molecule has 6 nitrogen and oxygen atoms in total. The number of rotatable bonds is 2. The molecule has 0 aliphatic carbocycles. The number of ether oxygens (including phenoxy) is 1. The molecule has 0 radical (unpaired) electrons. The lowest BCUT2D eigenvalue weighted by Gasteiger charge is -2.20. The Morgan fingerprint density at radius 3 is 2.64 bits per heavy atom. The van der Waals surface area contributed by atoms with Gasteiger partial charge in [-0.25, -0.2) is 5.84 Å². The third kappa shape index (κ3) is 2.02. The third-order valence-corrected chi connectivity index (χ3v) is 2.45. The molecule has 0 bridgehead atoms. The van der Waals surface area contributed by atoms with Crippen molar-refractivity contribution in [2.45, 2.75) is 25.5 Å². The van der Waals surface area contributed by atoms with Crippen LogP contribution in [0.2, 0.25) is 0 Å². The first-order valence-corrected chi connectivity index (χ1v) is 4.40. The number of hydrogen-bond donors (Lipinski definition) is 2. The Labute approximate surface area is 82.3 Å². The van der Waals surface area contributed by atoms with Gasteiger partial charge in [-0.15, -0.1) is 0 Å². The maximum Gasteiger partial charge on any atom is 0.256 e. The fourth-order valence-corrected chi connectivity index (χ4v) is 1.66. The number of methoxy groups -OCH3 is 1. The fraction of sp³-hybridized carbons (Fsp3) is 0.750. The van der Waals surface area contributed by atoms with Crippen molar-refractivity contribution in [2.24, 2.45) is 5.84 Å². The molecular weight excluding hydrogens is 186 g/mol. The summed E-state index contributed by atoms with van der Waals surface area (Å²) in [6, 6.07) is -0.498. The van der Waals surface area contributed by atoms with Crippen LogP contribution in [0.1, 0.15) is 13.3 Å². The molecule has 2 atom stereocenters. The molecule has 0 aromatic carbocycles. The quantitative estimate of drug-likeness (QED) is 0.327. The zero-order chi connectivity index (χ0) is 10.7. The first-order chi connectivity index (χ1) is 6.60. The molecule has 1 rings (SSSR count). The minimum Gasteiger partial charge on any atom is -0.380 e. The van der Waals surface area contributed by atoms with Crippen molar-refractivity contribution in [3.8, 4) is 0 Å². The highest BCUT2D eigenvalue weighted by molar-refractivity contribution is 5.87. The number of hydrazine groups is 1. The molecule has 14 heavy (non-hydrogen) atoms. The van der Waals surface area contributed by atoms with Gasteiger partial charge in [-0.05, 0) is 0 Å². The number of carbonyl (C=O) groups excluding carboxylic acids is 2. The van der Waals surface area contributed by atoms with Crippen LogP contribution in [0.3, 0.4) is 0 Å². The van der Waals surface area contributed by atoms with Gasteiger partial charge in [0.2, 0.25) is 5.91 Å². The molecule has 0 unspecified atom stereocenters. The normalized spacial score (nSPS) is 26.4. The summed E-state index contributed by atoms with van der Waals surface area (Å²) < 4.78 is 5.10. The van der Waals surface area contributed by atoms with Crippen LogP contribution in [0.25, 0.3) is 0 Å². The van der Waals surface area contributed by atoms with Gasteiger partial charge in [0.1, 0.15) is 6.04 Å². The molecule has 1 aliphatic rings. The monoisotopic (exact) mass is 201 g/mol. The van der Waals surface area contributed by atoms with Gasteiger partial charge in [-0.3, -0.25) is 15.0 Å². The molecule has 2 amide bonds. The van der Waals surface area contributed by atoms with Crippen molar-refractivity contribution >= 4 is 11.8 Å². The average Bonchev–Trinajstić information content (AvgIpc) is 2.60. The number of nitrogens with two attached hydrogens (primary N) is 1. The molecule has 6 heteroatoms. The van der Waals surface area contributed by atoms with Crippen LogP contribution < -0.4 is 11.3 Å². The van der Waals surface area contributed by atoms with E-state index in [-0.39, 0.29) is 17.9 Å². The molecule has 1 fully saturated rings. The molecule has 1 aliphatic heterocycles. The molecule has 0 aromatic rings. The summed E-state index contributed by atoms with van der Waals surface area (Å²) in [5.41, 5.74) is 2.05. The van der Waals surface area contributed by atoms with E-state index in [1.54, 1.807) is 7.11 Å². The summed E-state index contributed by atoms with van der Waals surface area (Å²) in [7, 11) is 1.56. The summed E-state index contributed by atoms with van der Waals surface area (Å²) in [4.78, 5) is 24.0. The van der Waals surface area contributed by atoms with E-state index in [0.29, 0.717) is 13.0 Å². The van der Waals surface area contributed by atoms with Crippen molar-refractivity contribution in [2.75, 3.05) is 13.7 Å². The Kier molecular flexibility index (Phi) is 3.43. The van der Waals surface area contributed by atoms with Gasteiger partial charge in [0.25, 0.3) is 5.91 Å². The van der Waals surface area contributed by atoms with Gasteiger partial charge in [0, 0.05) is 27.0 Å². The number of amides is 2. The summed E-state index contributed by atoms with van der Waals surface area (Å²) in [5, 5.41) is 0. The van der Waals surface area contributed by atoms with Gasteiger partial charge < -0.3 is 9.64 Å². The van der Waals surface area contributed by atoms with Gasteiger partial charge in [-0.1, -0.05) is 0 Å². The predicted molar refractivity (Wildman–Crippen MR) is 48.9 cm³/mol. The fourth-order valence-electron chi connectivity index (χ4n) is 1.66. The van der Waals surface area contributed by atoms with Gasteiger partial charge in [0.05, 0.1) is 6.10 Å². The van der Waals surface area contributed by atoms with E-state index in [1.807, 2.05) is 5.43 Å². The minimum absolute atomic E-state index is 0.0822. The van der Waals surface area contributed by atoms with Gasteiger partial charge >= 0.3 is 0 Å². The van der Waals surface area contributed by atoms with Crippen molar-refractivity contribution in [1.29, 1.82) is 0 Å². The second-order valence-corrected chi connectivity index (χ2v) is 3.29. The smallest absolute Gasteiger partial charge is 0.256 e. The van der Waals surface area contributed by atoms with Crippen LogP contribution in [0.5, 0.6) is 0 Å². The van der Waals surface area contributed by atoms with Crippen LogP contribution in [-0.2, 0) is 14.3 Å². The second kappa shape index (κ2) is 4.39. The second-order valence-electron chi connectivity index (χ2n) is 3.29. The maximum absolute atomic E-state index is 11.3. The summed E-state index contributed by atoms with van der Waals surface area (Å²) >= 11 is 0. The molecule has 0 spiro atoms. The summed E-state index contributed by atoms with van der Waals surface area (Å²) in [6.45, 7) is 1.87. The first kappa shape index (κ1) is 10.9. The highest BCUT2D eigenvalue weighted by Gasteiger charge is 2.37. The number of nitrogens with one attached hydrogen (secondary N) is 1. The average molecular weight is 201 g/mol. The van der Waals surface area contributed by atoms with E-state index in [2.05, 4.69) is 0 Å². The molecular formula is C8H15N3O3. The topological polar surface area (TPSA) is 84.7 Å². The van der Waals surface area contributed by atoms with Crippen molar-refractivity contribution in [3.63, 3.8) is 0 Å². The van der Waals surface area contributed by atoms with Crippen LogP contribution in [0.15, 0.2) is 0 Å². The molecule has 3 N–H and O–H groups in total. The molecule has 1 saturated heterocycles. The van der Waals surface area contributed by atoms with E-state index in [4.69, 9.17) is 10.6 Å². The highest BCUT2D eigenvalue weighted by Crippen LogP contribution is 2.19. The number of nitrogens with zero attached hydrogens (tertiary/aromatic N) is 1. The van der Waals surface area contributed by atoms with Crippen molar-refractivity contribution < 1.29 is 14.3 Å². The van der Waals surface area contributed by atoms with Crippen LogP contribution >= 0.6 is 0 Å². The maximum atomic E-state index is 11.3.